The van der Waals surface area contributed by atoms with Crippen LogP contribution in [0.4, 0.5) is 0 Å². The lowest BCUT2D eigenvalue weighted by Crippen LogP contribution is -2.39. The third-order valence-corrected chi connectivity index (χ3v) is 3.62. The van der Waals surface area contributed by atoms with E-state index in [1.807, 2.05) is 0 Å². The number of nitrogens with zero attached hydrogens (tertiary/aromatic N) is 2. The Bertz CT molecular complexity index is 336. The number of nitrogens with two attached hydrogens (primary N) is 1. The topological polar surface area (TPSA) is 61.9 Å². The maximum Gasteiger partial charge on any atom is 0.156 e. The summed E-state index contributed by atoms with van der Waals surface area (Å²) in [6.45, 7) is 1.93. The summed E-state index contributed by atoms with van der Waals surface area (Å²) in [6, 6.07) is 4.28. The van der Waals surface area contributed by atoms with Crippen molar-refractivity contribution in [2.24, 2.45) is 10.9 Å². The van der Waals surface area contributed by atoms with Gasteiger partial charge in [0.2, 0.25) is 0 Å². The Hall–Kier alpha value is -1.07. The van der Waals surface area contributed by atoms with Crippen molar-refractivity contribution in [2.45, 2.75) is 25.4 Å². The first-order valence-corrected chi connectivity index (χ1v) is 5.93. The number of likely N-dealkylation sites (tertiary alicyclic amines) is 1. The average Bonchev–Trinajstić information content (AvgIpc) is 2.88. The van der Waals surface area contributed by atoms with Crippen LogP contribution < -0.4 is 5.73 Å². The Kier molecular flexibility index (Phi) is 3.23. The first kappa shape index (κ1) is 10.4. The summed E-state index contributed by atoms with van der Waals surface area (Å²) in [6.07, 6.45) is 2.10. The molecule has 4 nitrogen and oxygen atoms in total. The van der Waals surface area contributed by atoms with Gasteiger partial charge in [0.1, 0.15) is 0 Å². The molecule has 1 aromatic rings. The highest BCUT2D eigenvalue weighted by molar-refractivity contribution is 7.09. The van der Waals surface area contributed by atoms with Gasteiger partial charge in [0.05, 0.1) is 6.04 Å². The minimum absolute atomic E-state index is 0.108. The molecular formula is C10H15N3OS. The molecule has 0 aliphatic carbocycles. The van der Waals surface area contributed by atoms with E-state index in [0.717, 1.165) is 25.9 Å². The quantitative estimate of drug-likeness (QED) is 0.354. The maximum absolute atomic E-state index is 8.68. The molecule has 1 aliphatic heterocycles. The Morgan fingerprint density at radius 2 is 2.60 bits per heavy atom. The number of hydrogen-bond acceptors (Lipinski definition) is 4. The Morgan fingerprint density at radius 1 is 1.73 bits per heavy atom. The summed E-state index contributed by atoms with van der Waals surface area (Å²) in [5, 5.41) is 13.9. The smallest absolute Gasteiger partial charge is 0.156 e. The van der Waals surface area contributed by atoms with Gasteiger partial charge in [-0.25, -0.2) is 0 Å². The van der Waals surface area contributed by atoms with Crippen LogP contribution in [0.2, 0.25) is 0 Å². The molecule has 1 aromatic heterocycles. The molecule has 2 heterocycles. The Labute approximate surface area is 93.0 Å². The van der Waals surface area contributed by atoms with Crippen molar-refractivity contribution in [3.63, 3.8) is 0 Å². The summed E-state index contributed by atoms with van der Waals surface area (Å²) in [5.41, 5.74) is 5.66. The zero-order chi connectivity index (χ0) is 10.7. The van der Waals surface area contributed by atoms with Crippen LogP contribution in [0.1, 0.15) is 17.7 Å². The Balaban J connectivity index is 2.02. The first-order chi connectivity index (χ1) is 7.31. The molecule has 0 radical (unpaired) electrons. The van der Waals surface area contributed by atoms with E-state index in [1.54, 1.807) is 11.3 Å². The van der Waals surface area contributed by atoms with Crippen LogP contribution in [0.25, 0.3) is 0 Å². The molecule has 1 fully saturated rings. The van der Waals surface area contributed by atoms with Gasteiger partial charge in [0.25, 0.3) is 0 Å². The van der Waals surface area contributed by atoms with E-state index < -0.39 is 0 Å². The van der Waals surface area contributed by atoms with Crippen LogP contribution in [-0.4, -0.2) is 28.5 Å². The second-order valence-corrected chi connectivity index (χ2v) is 4.76. The second kappa shape index (κ2) is 4.63. The van der Waals surface area contributed by atoms with Crippen molar-refractivity contribution < 1.29 is 5.21 Å². The van der Waals surface area contributed by atoms with E-state index in [2.05, 4.69) is 27.6 Å². The highest BCUT2D eigenvalue weighted by atomic mass is 32.1. The van der Waals surface area contributed by atoms with Gasteiger partial charge in [-0.3, -0.25) is 4.90 Å². The predicted octanol–water partition coefficient (Wildman–Crippen LogP) is 1.46. The second-order valence-electron chi connectivity index (χ2n) is 3.73. The molecule has 0 spiro atoms. The van der Waals surface area contributed by atoms with E-state index in [-0.39, 0.29) is 6.04 Å². The number of hydrogen-bond donors (Lipinski definition) is 2. The van der Waals surface area contributed by atoms with Gasteiger partial charge in [0.15, 0.2) is 5.84 Å². The molecule has 1 aliphatic rings. The summed E-state index contributed by atoms with van der Waals surface area (Å²) >= 11 is 1.75. The molecule has 0 aromatic carbocycles. The molecule has 15 heavy (non-hydrogen) atoms. The zero-order valence-electron chi connectivity index (χ0n) is 8.47. The molecule has 82 valence electrons. The van der Waals surface area contributed by atoms with Crippen LogP contribution >= 0.6 is 11.3 Å². The fourth-order valence-corrected chi connectivity index (χ4v) is 2.75. The summed E-state index contributed by atoms with van der Waals surface area (Å²) in [4.78, 5) is 3.59. The van der Waals surface area contributed by atoms with Crippen molar-refractivity contribution in [1.82, 2.24) is 4.90 Å². The van der Waals surface area contributed by atoms with Crippen molar-refractivity contribution in [3.05, 3.63) is 22.4 Å². The van der Waals surface area contributed by atoms with Crippen LogP contribution in [0, 0.1) is 0 Å². The monoisotopic (exact) mass is 225 g/mol. The molecule has 5 heteroatoms. The standard InChI is InChI=1S/C10H15N3OS/c11-10(12-14)9-4-1-5-13(9)7-8-3-2-6-15-8/h2-3,6,9,14H,1,4-5,7H2,(H2,11,12). The fourth-order valence-electron chi connectivity index (χ4n) is 2.02. The van der Waals surface area contributed by atoms with Crippen molar-refractivity contribution in [1.29, 1.82) is 0 Å². The van der Waals surface area contributed by atoms with E-state index in [1.165, 1.54) is 4.88 Å². The van der Waals surface area contributed by atoms with Gasteiger partial charge in [-0.2, -0.15) is 0 Å². The minimum atomic E-state index is 0.108. The van der Waals surface area contributed by atoms with Crippen LogP contribution in [0.5, 0.6) is 0 Å². The maximum atomic E-state index is 8.68. The van der Waals surface area contributed by atoms with E-state index >= 15 is 0 Å². The number of thiophene rings is 1. The van der Waals surface area contributed by atoms with Gasteiger partial charge >= 0.3 is 0 Å². The lowest BCUT2D eigenvalue weighted by atomic mass is 10.2. The summed E-state index contributed by atoms with van der Waals surface area (Å²) in [7, 11) is 0. The molecule has 0 saturated carbocycles. The highest BCUT2D eigenvalue weighted by Gasteiger charge is 2.27. The van der Waals surface area contributed by atoms with Gasteiger partial charge in [-0.1, -0.05) is 11.2 Å². The van der Waals surface area contributed by atoms with E-state index in [4.69, 9.17) is 10.9 Å². The van der Waals surface area contributed by atoms with Gasteiger partial charge < -0.3 is 10.9 Å². The normalized spacial score (nSPS) is 23.5. The molecule has 1 atom stereocenters. The lowest BCUT2D eigenvalue weighted by Gasteiger charge is -2.22. The fraction of sp³-hybridized carbons (Fsp3) is 0.500. The number of amidine groups is 1. The van der Waals surface area contributed by atoms with Gasteiger partial charge in [0, 0.05) is 11.4 Å². The van der Waals surface area contributed by atoms with Gasteiger partial charge in [-0.05, 0) is 30.8 Å². The third kappa shape index (κ3) is 2.30. The zero-order valence-corrected chi connectivity index (χ0v) is 9.28. The molecule has 0 bridgehead atoms. The molecule has 1 unspecified atom stereocenters. The van der Waals surface area contributed by atoms with E-state index in [0.29, 0.717) is 5.84 Å². The highest BCUT2D eigenvalue weighted by Crippen LogP contribution is 2.21. The lowest BCUT2D eigenvalue weighted by molar-refractivity contribution is 0.276. The SMILES string of the molecule is NC(=NO)C1CCCN1Cc1cccs1. The molecule has 2 rings (SSSR count). The molecule has 3 N–H and O–H groups in total. The van der Waals surface area contributed by atoms with Crippen LogP contribution in [0.3, 0.4) is 0 Å². The van der Waals surface area contributed by atoms with Crippen LogP contribution in [0.15, 0.2) is 22.7 Å². The van der Waals surface area contributed by atoms with Crippen molar-refractivity contribution in [2.75, 3.05) is 6.54 Å². The summed E-state index contributed by atoms with van der Waals surface area (Å²) < 4.78 is 0. The largest absolute Gasteiger partial charge is 0.409 e. The third-order valence-electron chi connectivity index (χ3n) is 2.76. The molecule has 1 saturated heterocycles. The predicted molar refractivity (Wildman–Crippen MR) is 61.2 cm³/mol. The first-order valence-electron chi connectivity index (χ1n) is 5.05. The van der Waals surface area contributed by atoms with Crippen LogP contribution in [-0.2, 0) is 6.54 Å². The molecule has 0 amide bonds. The van der Waals surface area contributed by atoms with Crippen molar-refractivity contribution in [3.8, 4) is 0 Å². The van der Waals surface area contributed by atoms with E-state index in [9.17, 15) is 0 Å². The molecular weight excluding hydrogens is 210 g/mol. The van der Waals surface area contributed by atoms with Gasteiger partial charge in [-0.15, -0.1) is 11.3 Å². The average molecular weight is 225 g/mol. The Morgan fingerprint density at radius 3 is 3.27 bits per heavy atom. The number of oxime groups is 1. The number of rotatable bonds is 3. The minimum Gasteiger partial charge on any atom is -0.409 e. The summed E-state index contributed by atoms with van der Waals surface area (Å²) in [5.74, 6) is 0.337. The van der Waals surface area contributed by atoms with Crippen molar-refractivity contribution >= 4 is 17.2 Å².